The fourth-order valence-corrected chi connectivity index (χ4v) is 8.78. The van der Waals surface area contributed by atoms with Gasteiger partial charge in [-0.3, -0.25) is 18.9 Å². The molecule has 0 fully saturated rings. The van der Waals surface area contributed by atoms with E-state index in [4.69, 9.17) is 16.6 Å². The monoisotopic (exact) mass is 893 g/mol. The average Bonchev–Trinajstić information content (AvgIpc) is 3.87. The molecule has 3 atom stereocenters. The van der Waals surface area contributed by atoms with Gasteiger partial charge < -0.3 is 9.88 Å². The highest BCUT2D eigenvalue weighted by atomic mass is 35.5. The molecule has 6 aromatic rings. The maximum absolute atomic E-state index is 15.7. The Bertz CT molecular complexity index is 3060. The van der Waals surface area contributed by atoms with Gasteiger partial charge >= 0.3 is 5.92 Å². The second-order valence-electron chi connectivity index (χ2n) is 15.5. The summed E-state index contributed by atoms with van der Waals surface area (Å²) in [5.41, 5.74) is -1.72. The summed E-state index contributed by atoms with van der Waals surface area (Å²) >= 11 is 6.64. The van der Waals surface area contributed by atoms with Gasteiger partial charge in [-0.1, -0.05) is 35.4 Å². The Labute approximate surface area is 355 Å². The van der Waals surface area contributed by atoms with Crippen LogP contribution in [0.1, 0.15) is 72.0 Å². The summed E-state index contributed by atoms with van der Waals surface area (Å²) in [5, 5.41) is 11.2. The van der Waals surface area contributed by atoms with E-state index in [9.17, 15) is 30.8 Å². The zero-order chi connectivity index (χ0) is 44.6. The number of carbonyl (C=O) groups is 1. The minimum absolute atomic E-state index is 0.0513. The molecule has 12 nitrogen and oxygen atoms in total. The molecule has 2 aromatic carbocycles. The van der Waals surface area contributed by atoms with Crippen LogP contribution in [-0.4, -0.2) is 54.7 Å². The van der Waals surface area contributed by atoms with E-state index >= 15 is 8.78 Å². The predicted octanol–water partition coefficient (Wildman–Crippen LogP) is 7.29. The van der Waals surface area contributed by atoms with Gasteiger partial charge in [-0.15, -0.1) is 0 Å². The van der Waals surface area contributed by atoms with Crippen LogP contribution in [-0.2, 0) is 46.3 Å². The number of pyridine rings is 1. The lowest BCUT2D eigenvalue weighted by atomic mass is 9.84. The van der Waals surface area contributed by atoms with Crippen LogP contribution in [0.3, 0.4) is 0 Å². The molecular weight excluding hydrogens is 860 g/mol. The maximum atomic E-state index is 15.7. The number of nitrogens with one attached hydrogen (secondary N) is 2. The van der Waals surface area contributed by atoms with Crippen molar-refractivity contribution in [3.05, 3.63) is 111 Å². The van der Waals surface area contributed by atoms with Crippen molar-refractivity contribution in [2.75, 3.05) is 11.0 Å². The number of aromatic nitrogens is 7. The molecule has 1 amide bonds. The maximum Gasteiger partial charge on any atom is 0.304 e. The van der Waals surface area contributed by atoms with Crippen molar-refractivity contribution in [3.8, 4) is 34.8 Å². The van der Waals surface area contributed by atoms with Crippen LogP contribution in [0.4, 0.5) is 32.2 Å². The number of fused-ring (bicyclic) bond motifs is 4. The molecule has 2 aliphatic rings. The summed E-state index contributed by atoms with van der Waals surface area (Å²) in [4.78, 5) is 23.3. The number of aryl methyl sites for hydroxylation is 2. The van der Waals surface area contributed by atoms with Crippen LogP contribution < -0.4 is 10.0 Å². The first-order chi connectivity index (χ1) is 29.1. The van der Waals surface area contributed by atoms with Crippen LogP contribution >= 0.6 is 11.6 Å². The topological polar surface area (TPSA) is 142 Å². The Balaban J connectivity index is 1.29. The van der Waals surface area contributed by atoms with Crippen molar-refractivity contribution in [1.82, 2.24) is 39.4 Å². The average molecular weight is 894 g/mol. The summed E-state index contributed by atoms with van der Waals surface area (Å²) in [6, 6.07) is 7.72. The zero-order valence-electron chi connectivity index (χ0n) is 33.3. The van der Waals surface area contributed by atoms with Gasteiger partial charge in [0.25, 0.3) is 6.43 Å². The van der Waals surface area contributed by atoms with Crippen molar-refractivity contribution in [1.29, 1.82) is 0 Å². The number of carbonyl (C=O) groups excluding carboxylic acids is 1. The van der Waals surface area contributed by atoms with E-state index < -0.39 is 86.8 Å². The molecule has 0 spiro atoms. The molecule has 0 radical (unpaired) electrons. The number of benzene rings is 2. The largest absolute Gasteiger partial charge is 0.346 e. The Kier molecular flexibility index (Phi) is 10.4. The fourth-order valence-electron chi connectivity index (χ4n) is 8.05. The van der Waals surface area contributed by atoms with Crippen molar-refractivity contribution in [2.24, 2.45) is 13.0 Å². The van der Waals surface area contributed by atoms with Crippen molar-refractivity contribution >= 4 is 44.3 Å². The lowest BCUT2D eigenvalue weighted by molar-refractivity contribution is -0.123. The number of amides is 1. The van der Waals surface area contributed by atoms with Crippen LogP contribution in [0.2, 0.25) is 5.02 Å². The minimum atomic E-state index is -3.84. The van der Waals surface area contributed by atoms with Crippen molar-refractivity contribution in [2.45, 2.75) is 63.6 Å². The summed E-state index contributed by atoms with van der Waals surface area (Å²) < 4.78 is 120. The smallest absolute Gasteiger partial charge is 0.304 e. The number of rotatable bonds is 11. The number of imidazole rings is 1. The normalized spacial score (nSPS) is 16.8. The Hall–Kier alpha value is -6.31. The first kappa shape index (κ1) is 42.4. The Morgan fingerprint density at radius 1 is 1.05 bits per heavy atom. The highest BCUT2D eigenvalue weighted by Gasteiger charge is 2.60. The molecule has 62 heavy (non-hydrogen) atoms. The fraction of sp³-hybridized carbons (Fsp3) is 0.310. The van der Waals surface area contributed by atoms with E-state index in [1.807, 2.05) is 25.3 Å². The number of sulfonamides is 1. The van der Waals surface area contributed by atoms with Gasteiger partial charge in [0.15, 0.2) is 5.82 Å². The standard InChI is InChI=1S/C42H34ClF6N9O3S/c1-21-50-14-15-57(21)41(2,3)13-12-25-6-7-26(27-9-11-30(43)34-37(27)56(4)54-40(34)55-62(5,60)61)35(51-25)31(18-22-16-23(44)19-24(45)17-22)52-32(59)20-58-38-33(36(53-58)39(46)47)28-8-10-29(28)42(38,48)49/h6-7,9,11,14-17,19,28-29,31,39H,18,20H2,1-5H3,(H,52,59)(H,54,55)/t28-,29+,31-/m0/s1. The first-order valence-corrected chi connectivity index (χ1v) is 21.1. The van der Waals surface area contributed by atoms with Gasteiger partial charge in [-0.05, 0) is 69.0 Å². The van der Waals surface area contributed by atoms with E-state index in [2.05, 4.69) is 48.9 Å². The molecular formula is C42H34ClF6N9O3S. The van der Waals surface area contributed by atoms with E-state index in [-0.39, 0.29) is 39.6 Å². The summed E-state index contributed by atoms with van der Waals surface area (Å²) in [6.45, 7) is 4.56. The molecule has 0 saturated carbocycles. The third-order valence-corrected chi connectivity index (χ3v) is 11.5. The van der Waals surface area contributed by atoms with Crippen LogP contribution in [0.15, 0.2) is 54.9 Å². The Morgan fingerprint density at radius 3 is 2.39 bits per heavy atom. The highest BCUT2D eigenvalue weighted by molar-refractivity contribution is 7.92. The van der Waals surface area contributed by atoms with Gasteiger partial charge in [0.2, 0.25) is 15.9 Å². The lowest BCUT2D eigenvalue weighted by Gasteiger charge is -2.24. The highest BCUT2D eigenvalue weighted by Crippen LogP contribution is 2.57. The van der Waals surface area contributed by atoms with E-state index in [1.54, 1.807) is 37.6 Å². The minimum Gasteiger partial charge on any atom is -0.346 e. The lowest BCUT2D eigenvalue weighted by Crippen LogP contribution is -2.36. The van der Waals surface area contributed by atoms with Gasteiger partial charge in [0.05, 0.1) is 39.8 Å². The van der Waals surface area contributed by atoms with E-state index in [0.717, 1.165) is 18.4 Å². The molecule has 0 aliphatic heterocycles. The van der Waals surface area contributed by atoms with Crippen LogP contribution in [0.5, 0.6) is 0 Å². The van der Waals surface area contributed by atoms with Gasteiger partial charge in [-0.2, -0.15) is 19.0 Å². The number of nitrogens with zero attached hydrogens (tertiary/aromatic N) is 7. The number of halogens is 7. The molecule has 0 bridgehead atoms. The van der Waals surface area contributed by atoms with Crippen LogP contribution in [0, 0.1) is 48.2 Å². The summed E-state index contributed by atoms with van der Waals surface area (Å²) in [7, 11) is -2.30. The summed E-state index contributed by atoms with van der Waals surface area (Å²) in [5.74, 6) is 2.43. The number of alkyl halides is 4. The molecule has 0 unspecified atom stereocenters. The molecule has 2 N–H and O–H groups in total. The molecule has 8 rings (SSSR count). The summed E-state index contributed by atoms with van der Waals surface area (Å²) in [6.07, 6.45) is 0.744. The Morgan fingerprint density at radius 2 is 1.76 bits per heavy atom. The van der Waals surface area contributed by atoms with Crippen LogP contribution in [0.25, 0.3) is 22.0 Å². The van der Waals surface area contributed by atoms with Gasteiger partial charge in [0.1, 0.15) is 52.5 Å². The van der Waals surface area contributed by atoms with Crippen molar-refractivity contribution in [3.63, 3.8) is 0 Å². The number of hydrogen-bond acceptors (Lipinski definition) is 7. The SMILES string of the molecule is Cc1nccn1C(C)(C)C#Cc1ccc(-c2ccc(Cl)c3c(NS(C)(=O)=O)nn(C)c23)c([C@H](Cc2cc(F)cc(F)c2)NC(=O)Cn2nc(C(F)F)c3c2C(F)(F)[C@@H]2C#C[C@H]32)n1. The van der Waals surface area contributed by atoms with Crippen molar-refractivity contribution < 1.29 is 39.6 Å². The van der Waals surface area contributed by atoms with E-state index in [1.165, 1.54) is 10.7 Å². The number of hydrogen-bond donors (Lipinski definition) is 2. The molecule has 320 valence electrons. The molecule has 20 heteroatoms. The quantitative estimate of drug-likeness (QED) is 0.103. The molecule has 4 aromatic heterocycles. The second-order valence-corrected chi connectivity index (χ2v) is 17.7. The molecule has 0 saturated heterocycles. The number of anilines is 1. The second kappa shape index (κ2) is 15.2. The zero-order valence-corrected chi connectivity index (χ0v) is 34.9. The van der Waals surface area contributed by atoms with Gasteiger partial charge in [0, 0.05) is 42.2 Å². The first-order valence-electron chi connectivity index (χ1n) is 18.8. The third-order valence-electron chi connectivity index (χ3n) is 10.6. The predicted molar refractivity (Wildman–Crippen MR) is 217 cm³/mol. The molecule has 2 aliphatic carbocycles. The van der Waals surface area contributed by atoms with Gasteiger partial charge in [-0.25, -0.2) is 35.9 Å². The van der Waals surface area contributed by atoms with E-state index in [0.29, 0.717) is 33.2 Å². The molecule has 4 heterocycles. The third kappa shape index (κ3) is 7.64.